The number of carbonyl (C=O) groups excluding carboxylic acids is 2. The molecule has 154 valence electrons. The van der Waals surface area contributed by atoms with Crippen LogP contribution in [0.25, 0.3) is 0 Å². The van der Waals surface area contributed by atoms with Crippen molar-refractivity contribution in [2.75, 3.05) is 19.7 Å². The summed E-state index contributed by atoms with van der Waals surface area (Å²) >= 11 is 0. The van der Waals surface area contributed by atoms with Crippen molar-refractivity contribution in [3.05, 3.63) is 65.5 Å². The van der Waals surface area contributed by atoms with Crippen LogP contribution in [-0.2, 0) is 16.0 Å². The fraction of sp³-hybridized carbons (Fsp3) is 0.458. The third-order valence-corrected chi connectivity index (χ3v) is 5.64. The number of piperidine rings is 1. The zero-order chi connectivity index (χ0) is 20.7. The van der Waals surface area contributed by atoms with Gasteiger partial charge in [0.05, 0.1) is 12.0 Å². The van der Waals surface area contributed by atoms with Crippen LogP contribution in [-0.4, -0.2) is 41.5 Å². The van der Waals surface area contributed by atoms with E-state index in [1.165, 1.54) is 5.56 Å². The molecule has 1 aliphatic rings. The molecular weight excluding hydrogens is 364 g/mol. The molecule has 1 aromatic carbocycles. The number of hydrogen-bond donors (Lipinski definition) is 0. The van der Waals surface area contributed by atoms with Crippen LogP contribution in [0.15, 0.2) is 48.5 Å². The van der Waals surface area contributed by atoms with Gasteiger partial charge < -0.3 is 9.64 Å². The van der Waals surface area contributed by atoms with Gasteiger partial charge >= 0.3 is 5.97 Å². The SMILES string of the molecule is CCOC(=O)[C@@]1(CCCc2ccccc2)CCCN(C(=O)c2cccc(C)n2)C1. The van der Waals surface area contributed by atoms with Crippen molar-refractivity contribution < 1.29 is 14.3 Å². The Kier molecular flexibility index (Phi) is 7.02. The number of nitrogens with zero attached hydrogens (tertiary/aromatic N) is 2. The van der Waals surface area contributed by atoms with Gasteiger partial charge in [-0.15, -0.1) is 0 Å². The second kappa shape index (κ2) is 9.68. The lowest BCUT2D eigenvalue weighted by molar-refractivity contribution is -0.159. The number of esters is 1. The fourth-order valence-electron chi connectivity index (χ4n) is 4.16. The van der Waals surface area contributed by atoms with Crippen LogP contribution in [0.3, 0.4) is 0 Å². The Labute approximate surface area is 173 Å². The van der Waals surface area contributed by atoms with Crippen LogP contribution in [0.4, 0.5) is 0 Å². The Morgan fingerprint density at radius 1 is 1.14 bits per heavy atom. The lowest BCUT2D eigenvalue weighted by Gasteiger charge is -2.41. The molecule has 1 amide bonds. The van der Waals surface area contributed by atoms with E-state index in [9.17, 15) is 9.59 Å². The van der Waals surface area contributed by atoms with Gasteiger partial charge in [0.25, 0.3) is 5.91 Å². The van der Waals surface area contributed by atoms with Crippen molar-refractivity contribution in [3.8, 4) is 0 Å². The number of pyridine rings is 1. The van der Waals surface area contributed by atoms with Crippen molar-refractivity contribution >= 4 is 11.9 Å². The molecule has 1 atom stereocenters. The molecule has 0 saturated carbocycles. The molecular formula is C24H30N2O3. The van der Waals surface area contributed by atoms with E-state index in [2.05, 4.69) is 17.1 Å². The molecule has 2 heterocycles. The van der Waals surface area contributed by atoms with Gasteiger partial charge in [0.1, 0.15) is 5.69 Å². The average molecular weight is 395 g/mol. The number of amides is 1. The third kappa shape index (κ3) is 5.22. The van der Waals surface area contributed by atoms with Crippen LogP contribution in [0, 0.1) is 12.3 Å². The molecule has 5 heteroatoms. The van der Waals surface area contributed by atoms with Crippen LogP contribution in [0.5, 0.6) is 0 Å². The van der Waals surface area contributed by atoms with E-state index in [4.69, 9.17) is 4.74 Å². The standard InChI is InChI=1S/C24H30N2O3/c1-3-29-23(28)24(15-8-13-20-11-5-4-6-12-20)16-9-17-26(18-24)22(27)21-14-7-10-19(2)25-21/h4-7,10-12,14H,3,8-9,13,15-18H2,1-2H3/t24-/m0/s1. The number of ether oxygens (including phenoxy) is 1. The molecule has 0 radical (unpaired) electrons. The molecule has 5 nitrogen and oxygen atoms in total. The van der Waals surface area contributed by atoms with Crippen molar-refractivity contribution in [2.24, 2.45) is 5.41 Å². The second-order valence-electron chi connectivity index (χ2n) is 7.83. The maximum Gasteiger partial charge on any atom is 0.313 e. The van der Waals surface area contributed by atoms with Crippen LogP contribution >= 0.6 is 0 Å². The van der Waals surface area contributed by atoms with Gasteiger partial charge in [0.15, 0.2) is 0 Å². The maximum absolute atomic E-state index is 13.0. The Morgan fingerprint density at radius 3 is 2.66 bits per heavy atom. The minimum Gasteiger partial charge on any atom is -0.466 e. The van der Waals surface area contributed by atoms with Crippen LogP contribution in [0.1, 0.15) is 54.4 Å². The van der Waals surface area contributed by atoms with E-state index in [1.807, 2.05) is 44.2 Å². The highest BCUT2D eigenvalue weighted by Gasteiger charge is 2.44. The van der Waals surface area contributed by atoms with Crippen molar-refractivity contribution in [3.63, 3.8) is 0 Å². The number of benzene rings is 1. The highest BCUT2D eigenvalue weighted by atomic mass is 16.5. The maximum atomic E-state index is 13.0. The molecule has 2 aromatic rings. The molecule has 0 N–H and O–H groups in total. The highest BCUT2D eigenvalue weighted by molar-refractivity contribution is 5.93. The first kappa shape index (κ1) is 21.0. The predicted octanol–water partition coefficient (Wildman–Crippen LogP) is 4.20. The van der Waals surface area contributed by atoms with Gasteiger partial charge in [0.2, 0.25) is 0 Å². The molecule has 1 aromatic heterocycles. The van der Waals surface area contributed by atoms with Crippen LogP contribution in [0.2, 0.25) is 0 Å². The monoisotopic (exact) mass is 394 g/mol. The van der Waals surface area contributed by atoms with Gasteiger partial charge in [-0.05, 0) is 63.6 Å². The molecule has 0 bridgehead atoms. The molecule has 29 heavy (non-hydrogen) atoms. The lowest BCUT2D eigenvalue weighted by Crippen LogP contribution is -2.50. The Morgan fingerprint density at radius 2 is 1.93 bits per heavy atom. The first-order valence-corrected chi connectivity index (χ1v) is 10.5. The quantitative estimate of drug-likeness (QED) is 0.661. The smallest absolute Gasteiger partial charge is 0.313 e. The van der Waals surface area contributed by atoms with Crippen LogP contribution < -0.4 is 0 Å². The normalized spacial score (nSPS) is 19.0. The summed E-state index contributed by atoms with van der Waals surface area (Å²) in [6.07, 6.45) is 4.06. The van der Waals surface area contributed by atoms with Crippen molar-refractivity contribution in [1.82, 2.24) is 9.88 Å². The molecule has 3 rings (SSSR count). The summed E-state index contributed by atoms with van der Waals surface area (Å²) in [5.41, 5.74) is 1.88. The zero-order valence-electron chi connectivity index (χ0n) is 17.4. The van der Waals surface area contributed by atoms with Gasteiger partial charge in [-0.3, -0.25) is 9.59 Å². The number of rotatable bonds is 7. The highest BCUT2D eigenvalue weighted by Crippen LogP contribution is 2.37. The van der Waals surface area contributed by atoms with E-state index in [1.54, 1.807) is 11.0 Å². The molecule has 0 unspecified atom stereocenters. The number of hydrogen-bond acceptors (Lipinski definition) is 4. The minimum absolute atomic E-state index is 0.106. The summed E-state index contributed by atoms with van der Waals surface area (Å²) in [5, 5.41) is 0. The summed E-state index contributed by atoms with van der Waals surface area (Å²) in [6.45, 7) is 5.10. The van der Waals surface area contributed by atoms with Gasteiger partial charge in [-0.1, -0.05) is 36.4 Å². The van der Waals surface area contributed by atoms with Crippen molar-refractivity contribution in [1.29, 1.82) is 0 Å². The van der Waals surface area contributed by atoms with E-state index in [0.29, 0.717) is 31.8 Å². The van der Waals surface area contributed by atoms with Crippen molar-refractivity contribution in [2.45, 2.75) is 46.0 Å². The zero-order valence-corrected chi connectivity index (χ0v) is 17.4. The number of carbonyl (C=O) groups is 2. The third-order valence-electron chi connectivity index (χ3n) is 5.64. The Hall–Kier alpha value is -2.69. The Bertz CT molecular complexity index is 837. The average Bonchev–Trinajstić information content (AvgIpc) is 2.74. The number of likely N-dealkylation sites (tertiary alicyclic amines) is 1. The second-order valence-corrected chi connectivity index (χ2v) is 7.83. The van der Waals surface area contributed by atoms with E-state index < -0.39 is 5.41 Å². The molecule has 1 aliphatic heterocycles. The predicted molar refractivity (Wildman–Crippen MR) is 113 cm³/mol. The summed E-state index contributed by atoms with van der Waals surface area (Å²) in [5.74, 6) is -0.284. The first-order chi connectivity index (χ1) is 14.0. The summed E-state index contributed by atoms with van der Waals surface area (Å²) in [6, 6.07) is 15.8. The number of aryl methyl sites for hydroxylation is 2. The summed E-state index contributed by atoms with van der Waals surface area (Å²) < 4.78 is 5.45. The topological polar surface area (TPSA) is 59.5 Å². The van der Waals surface area contributed by atoms with E-state index in [-0.39, 0.29) is 11.9 Å². The minimum atomic E-state index is -0.636. The largest absolute Gasteiger partial charge is 0.466 e. The molecule has 0 aliphatic carbocycles. The molecule has 1 saturated heterocycles. The lowest BCUT2D eigenvalue weighted by atomic mass is 9.75. The van der Waals surface area contributed by atoms with E-state index >= 15 is 0 Å². The number of aromatic nitrogens is 1. The summed E-state index contributed by atoms with van der Waals surface area (Å²) in [4.78, 5) is 32.1. The van der Waals surface area contributed by atoms with Gasteiger partial charge in [0, 0.05) is 18.8 Å². The molecule has 1 fully saturated rings. The van der Waals surface area contributed by atoms with Gasteiger partial charge in [-0.2, -0.15) is 0 Å². The fourth-order valence-corrected chi connectivity index (χ4v) is 4.16. The first-order valence-electron chi connectivity index (χ1n) is 10.5. The Balaban J connectivity index is 1.74. The summed E-state index contributed by atoms with van der Waals surface area (Å²) in [7, 11) is 0. The van der Waals surface area contributed by atoms with Gasteiger partial charge in [-0.25, -0.2) is 4.98 Å². The van der Waals surface area contributed by atoms with E-state index in [0.717, 1.165) is 31.4 Å². The molecule has 0 spiro atoms.